The molecule has 0 aliphatic rings. The topological polar surface area (TPSA) is 54.5 Å². The van der Waals surface area contributed by atoms with Gasteiger partial charge in [0.2, 0.25) is 0 Å². The maximum Gasteiger partial charge on any atom is 0.162 e. The average Bonchev–Trinajstić information content (AvgIpc) is 3.70. The number of benzene rings is 9. The van der Waals surface area contributed by atoms with Gasteiger partial charge in [-0.1, -0.05) is 194 Å². The van der Waals surface area contributed by atoms with Crippen molar-refractivity contribution >= 4 is 21.8 Å². The standard InChI is InChI=1S/C59H38N4/c60-39-53-57(44-27-15-5-16-28-44)61-59(62-58(53)45-29-17-6-18-30-45)52-37-48(42-23-11-3-12-24-42)49(43-25-13-4-14-26-43)38-56(52)63-54-33-31-46(40-19-7-1-8-20-40)35-50(54)51-36-47(32-34-55(51)63)41-21-9-2-10-22-41/h1-38H. The smallest absolute Gasteiger partial charge is 0.162 e. The van der Waals surface area contributed by atoms with Crippen molar-refractivity contribution in [1.29, 1.82) is 5.26 Å². The molecule has 0 fully saturated rings. The summed E-state index contributed by atoms with van der Waals surface area (Å²) in [5, 5.41) is 13.1. The van der Waals surface area contributed by atoms with Crippen LogP contribution in [0.15, 0.2) is 231 Å². The molecular formula is C59H38N4. The summed E-state index contributed by atoms with van der Waals surface area (Å²) in [6, 6.07) is 82.9. The van der Waals surface area contributed by atoms with Gasteiger partial charge in [0.05, 0.1) is 28.1 Å². The van der Waals surface area contributed by atoms with Crippen molar-refractivity contribution in [3.05, 3.63) is 236 Å². The highest BCUT2D eigenvalue weighted by molar-refractivity contribution is 6.12. The molecular weight excluding hydrogens is 765 g/mol. The Bertz CT molecular complexity index is 3310. The fourth-order valence-electron chi connectivity index (χ4n) is 8.87. The third-order valence-corrected chi connectivity index (χ3v) is 11.9. The molecule has 63 heavy (non-hydrogen) atoms. The van der Waals surface area contributed by atoms with E-state index in [1.54, 1.807) is 0 Å². The minimum atomic E-state index is 0.431. The van der Waals surface area contributed by atoms with Crippen LogP contribution in [0.2, 0.25) is 0 Å². The monoisotopic (exact) mass is 802 g/mol. The van der Waals surface area contributed by atoms with Gasteiger partial charge in [-0.05, 0) is 80.9 Å². The van der Waals surface area contributed by atoms with Crippen LogP contribution in [-0.4, -0.2) is 14.5 Å². The Balaban J connectivity index is 1.29. The van der Waals surface area contributed by atoms with E-state index in [1.165, 1.54) is 0 Å². The molecule has 4 nitrogen and oxygen atoms in total. The molecule has 0 amide bonds. The first kappa shape index (κ1) is 37.4. The molecule has 4 heteroatoms. The van der Waals surface area contributed by atoms with E-state index in [1.807, 2.05) is 60.7 Å². The first-order valence-electron chi connectivity index (χ1n) is 21.1. The molecule has 2 aromatic heterocycles. The van der Waals surface area contributed by atoms with E-state index in [9.17, 15) is 5.26 Å². The van der Waals surface area contributed by atoms with Crippen molar-refractivity contribution in [2.24, 2.45) is 0 Å². The predicted molar refractivity (Wildman–Crippen MR) is 259 cm³/mol. The second-order valence-corrected chi connectivity index (χ2v) is 15.6. The number of hydrogen-bond donors (Lipinski definition) is 0. The second-order valence-electron chi connectivity index (χ2n) is 15.6. The quantitative estimate of drug-likeness (QED) is 0.154. The molecule has 0 bridgehead atoms. The lowest BCUT2D eigenvalue weighted by molar-refractivity contribution is 1.13. The lowest BCUT2D eigenvalue weighted by atomic mass is 9.91. The van der Waals surface area contributed by atoms with E-state index in [-0.39, 0.29) is 0 Å². The molecule has 0 atom stereocenters. The van der Waals surface area contributed by atoms with Gasteiger partial charge in [0, 0.05) is 27.5 Å². The van der Waals surface area contributed by atoms with Crippen molar-refractivity contribution in [1.82, 2.24) is 14.5 Å². The predicted octanol–water partition coefficient (Wildman–Crippen LogP) is 15.1. The summed E-state index contributed by atoms with van der Waals surface area (Å²) < 4.78 is 2.39. The molecule has 11 aromatic rings. The van der Waals surface area contributed by atoms with Crippen molar-refractivity contribution in [2.75, 3.05) is 0 Å². The van der Waals surface area contributed by atoms with E-state index in [4.69, 9.17) is 9.97 Å². The number of aromatic nitrogens is 3. The van der Waals surface area contributed by atoms with Gasteiger partial charge in [0.25, 0.3) is 0 Å². The minimum Gasteiger partial charge on any atom is -0.308 e. The van der Waals surface area contributed by atoms with Crippen LogP contribution in [0, 0.1) is 11.3 Å². The van der Waals surface area contributed by atoms with Gasteiger partial charge >= 0.3 is 0 Å². The lowest BCUT2D eigenvalue weighted by Crippen LogP contribution is -2.05. The second kappa shape index (κ2) is 16.1. The summed E-state index contributed by atoms with van der Waals surface area (Å²) in [6.07, 6.45) is 0. The third kappa shape index (κ3) is 6.85. The van der Waals surface area contributed by atoms with Gasteiger partial charge in [-0.2, -0.15) is 5.26 Å². The van der Waals surface area contributed by atoms with Crippen LogP contribution in [0.5, 0.6) is 0 Å². The summed E-state index contributed by atoms with van der Waals surface area (Å²) in [7, 11) is 0. The molecule has 9 aromatic carbocycles. The van der Waals surface area contributed by atoms with Gasteiger partial charge in [-0.15, -0.1) is 0 Å². The van der Waals surface area contributed by atoms with Crippen LogP contribution in [-0.2, 0) is 0 Å². The van der Waals surface area contributed by atoms with Crippen LogP contribution >= 0.6 is 0 Å². The zero-order valence-corrected chi connectivity index (χ0v) is 34.2. The maximum absolute atomic E-state index is 10.9. The Hall–Kier alpha value is -8.65. The fourth-order valence-corrected chi connectivity index (χ4v) is 8.87. The lowest BCUT2D eigenvalue weighted by Gasteiger charge is -2.20. The van der Waals surface area contributed by atoms with E-state index < -0.39 is 0 Å². The van der Waals surface area contributed by atoms with Crippen LogP contribution in [0.4, 0.5) is 0 Å². The van der Waals surface area contributed by atoms with Crippen LogP contribution < -0.4 is 0 Å². The van der Waals surface area contributed by atoms with Gasteiger partial charge in [-0.25, -0.2) is 9.97 Å². The van der Waals surface area contributed by atoms with Crippen LogP contribution in [0.25, 0.3) is 106 Å². The molecule has 11 rings (SSSR count). The molecule has 2 heterocycles. The molecule has 0 aliphatic carbocycles. The van der Waals surface area contributed by atoms with Gasteiger partial charge in [0.15, 0.2) is 5.82 Å². The highest BCUT2D eigenvalue weighted by Gasteiger charge is 2.25. The van der Waals surface area contributed by atoms with Crippen molar-refractivity contribution in [3.8, 4) is 90.2 Å². The van der Waals surface area contributed by atoms with Gasteiger partial charge < -0.3 is 4.57 Å². The Kier molecular flexibility index (Phi) is 9.54. The summed E-state index contributed by atoms with van der Waals surface area (Å²) in [5.74, 6) is 0.523. The maximum atomic E-state index is 10.9. The Morgan fingerprint density at radius 1 is 0.333 bits per heavy atom. The van der Waals surface area contributed by atoms with Gasteiger partial charge in [-0.3, -0.25) is 0 Å². The van der Waals surface area contributed by atoms with E-state index in [2.05, 4.69) is 180 Å². The summed E-state index contributed by atoms with van der Waals surface area (Å²) in [6.45, 7) is 0. The van der Waals surface area contributed by atoms with E-state index in [0.29, 0.717) is 22.8 Å². The van der Waals surface area contributed by atoms with Crippen LogP contribution in [0.3, 0.4) is 0 Å². The first-order chi connectivity index (χ1) is 31.2. The summed E-state index contributed by atoms with van der Waals surface area (Å²) in [5.41, 5.74) is 16.1. The first-order valence-corrected chi connectivity index (χ1v) is 21.1. The summed E-state index contributed by atoms with van der Waals surface area (Å²) >= 11 is 0. The number of fused-ring (bicyclic) bond motifs is 3. The Morgan fingerprint density at radius 3 is 1.10 bits per heavy atom. The zero-order chi connectivity index (χ0) is 42.1. The van der Waals surface area contributed by atoms with Crippen molar-refractivity contribution < 1.29 is 0 Å². The van der Waals surface area contributed by atoms with E-state index in [0.717, 1.165) is 88.7 Å². The van der Waals surface area contributed by atoms with Crippen molar-refractivity contribution in [3.63, 3.8) is 0 Å². The van der Waals surface area contributed by atoms with E-state index >= 15 is 0 Å². The number of hydrogen-bond acceptors (Lipinski definition) is 3. The third-order valence-electron chi connectivity index (χ3n) is 11.9. The van der Waals surface area contributed by atoms with Gasteiger partial charge in [0.1, 0.15) is 11.6 Å². The summed E-state index contributed by atoms with van der Waals surface area (Å²) in [4.78, 5) is 10.8. The SMILES string of the molecule is N#Cc1c(-c2ccccc2)nc(-c2cc(-c3ccccc3)c(-c3ccccc3)cc2-n2c3ccc(-c4ccccc4)cc3c3cc(-c4ccccc4)ccc32)nc1-c1ccccc1. The highest BCUT2D eigenvalue weighted by Crippen LogP contribution is 2.44. The molecule has 294 valence electrons. The highest BCUT2D eigenvalue weighted by atomic mass is 15.0. The molecule has 0 unspecified atom stereocenters. The normalized spacial score (nSPS) is 11.2. The molecule has 0 saturated heterocycles. The Morgan fingerprint density at radius 2 is 0.698 bits per heavy atom. The minimum absolute atomic E-state index is 0.431. The average molecular weight is 803 g/mol. The molecule has 0 saturated carbocycles. The fraction of sp³-hybridized carbons (Fsp3) is 0. The molecule has 0 aliphatic heterocycles. The molecule has 0 radical (unpaired) electrons. The largest absolute Gasteiger partial charge is 0.308 e. The molecule has 0 N–H and O–H groups in total. The number of nitrogens with zero attached hydrogens (tertiary/aromatic N) is 4. The molecule has 0 spiro atoms. The Labute approximate surface area is 366 Å². The zero-order valence-electron chi connectivity index (χ0n) is 34.2. The van der Waals surface area contributed by atoms with Crippen molar-refractivity contribution in [2.45, 2.75) is 0 Å². The van der Waals surface area contributed by atoms with Crippen LogP contribution in [0.1, 0.15) is 5.56 Å². The number of rotatable bonds is 8. The number of nitriles is 1.